The Morgan fingerprint density at radius 1 is 1.35 bits per heavy atom. The number of nitrogens with zero attached hydrogens (tertiary/aromatic N) is 2. The number of aromatic nitrogens is 3. The third-order valence-electron chi connectivity index (χ3n) is 2.17. The van der Waals surface area contributed by atoms with Crippen molar-refractivity contribution in [2.24, 2.45) is 0 Å². The minimum absolute atomic E-state index is 0.136. The third-order valence-corrected chi connectivity index (χ3v) is 3.73. The van der Waals surface area contributed by atoms with Gasteiger partial charge in [0.25, 0.3) is 0 Å². The number of aryl methyl sites for hydroxylation is 1. The van der Waals surface area contributed by atoms with E-state index in [1.807, 2.05) is 24.5 Å². The van der Waals surface area contributed by atoms with E-state index in [-0.39, 0.29) is 5.69 Å². The SMILES string of the molecule is CSc1nn(CCSc2ccccc2)c(=O)[nH]1. The van der Waals surface area contributed by atoms with Crippen molar-refractivity contribution in [3.8, 4) is 0 Å². The van der Waals surface area contributed by atoms with Crippen LogP contribution in [0.15, 0.2) is 45.2 Å². The van der Waals surface area contributed by atoms with Crippen LogP contribution in [0, 0.1) is 0 Å². The van der Waals surface area contributed by atoms with Crippen molar-refractivity contribution in [1.82, 2.24) is 14.8 Å². The molecule has 0 aliphatic rings. The second-order valence-corrected chi connectivity index (χ2v) is 5.29. The van der Waals surface area contributed by atoms with E-state index in [9.17, 15) is 4.79 Å². The van der Waals surface area contributed by atoms with E-state index in [4.69, 9.17) is 0 Å². The molecule has 0 saturated carbocycles. The quantitative estimate of drug-likeness (QED) is 0.843. The first-order valence-electron chi connectivity index (χ1n) is 5.18. The standard InChI is InChI=1S/C11H13N3OS2/c1-16-10-12-11(15)14(13-10)7-8-17-9-5-3-2-4-6-9/h2-6H,7-8H2,1H3,(H,12,13,15). The highest BCUT2D eigenvalue weighted by Gasteiger charge is 2.03. The average Bonchev–Trinajstić information content (AvgIpc) is 2.72. The molecule has 0 fully saturated rings. The van der Waals surface area contributed by atoms with E-state index < -0.39 is 0 Å². The summed E-state index contributed by atoms with van der Waals surface area (Å²) in [5.41, 5.74) is -0.136. The lowest BCUT2D eigenvalue weighted by Crippen LogP contribution is -2.19. The first kappa shape index (κ1) is 12.3. The van der Waals surface area contributed by atoms with Crippen molar-refractivity contribution < 1.29 is 0 Å². The van der Waals surface area contributed by atoms with Crippen LogP contribution < -0.4 is 5.69 Å². The number of rotatable bonds is 5. The minimum Gasteiger partial charge on any atom is -0.284 e. The molecule has 2 aromatic rings. The molecule has 0 aliphatic heterocycles. The molecule has 0 amide bonds. The van der Waals surface area contributed by atoms with Crippen LogP contribution >= 0.6 is 23.5 Å². The van der Waals surface area contributed by atoms with Crippen LogP contribution in [-0.4, -0.2) is 26.8 Å². The summed E-state index contributed by atoms with van der Waals surface area (Å²) in [5, 5.41) is 4.82. The molecule has 0 radical (unpaired) electrons. The van der Waals surface area contributed by atoms with E-state index in [2.05, 4.69) is 22.2 Å². The lowest BCUT2D eigenvalue weighted by molar-refractivity contribution is 0.627. The summed E-state index contributed by atoms with van der Waals surface area (Å²) in [6.07, 6.45) is 1.89. The Kier molecular flexibility index (Phi) is 4.33. The first-order valence-corrected chi connectivity index (χ1v) is 7.39. The molecule has 17 heavy (non-hydrogen) atoms. The van der Waals surface area contributed by atoms with Crippen LogP contribution in [0.3, 0.4) is 0 Å². The molecule has 0 unspecified atom stereocenters. The molecule has 1 N–H and O–H groups in total. The highest BCUT2D eigenvalue weighted by Crippen LogP contribution is 2.16. The summed E-state index contributed by atoms with van der Waals surface area (Å²) in [6.45, 7) is 0.620. The Bertz CT molecular complexity index is 521. The summed E-state index contributed by atoms with van der Waals surface area (Å²) in [4.78, 5) is 15.4. The molecule has 4 nitrogen and oxygen atoms in total. The second-order valence-electron chi connectivity index (χ2n) is 3.32. The van der Waals surface area contributed by atoms with E-state index in [1.54, 1.807) is 11.8 Å². The predicted molar refractivity (Wildman–Crippen MR) is 71.8 cm³/mol. The van der Waals surface area contributed by atoms with Crippen molar-refractivity contribution in [3.05, 3.63) is 40.8 Å². The van der Waals surface area contributed by atoms with Crippen LogP contribution in [0.1, 0.15) is 0 Å². The summed E-state index contributed by atoms with van der Waals surface area (Å²) in [6, 6.07) is 10.1. The van der Waals surface area contributed by atoms with Gasteiger partial charge in [-0.15, -0.1) is 16.9 Å². The maximum absolute atomic E-state index is 11.5. The molecule has 0 spiro atoms. The Morgan fingerprint density at radius 3 is 2.76 bits per heavy atom. The zero-order valence-electron chi connectivity index (χ0n) is 9.42. The molecule has 1 aromatic carbocycles. The van der Waals surface area contributed by atoms with Gasteiger partial charge in [-0.3, -0.25) is 4.98 Å². The van der Waals surface area contributed by atoms with Crippen LogP contribution in [0.5, 0.6) is 0 Å². The fraction of sp³-hybridized carbons (Fsp3) is 0.273. The Morgan fingerprint density at radius 2 is 2.12 bits per heavy atom. The molecule has 1 aromatic heterocycles. The zero-order valence-corrected chi connectivity index (χ0v) is 11.1. The van der Waals surface area contributed by atoms with Gasteiger partial charge in [0, 0.05) is 10.6 Å². The molecular weight excluding hydrogens is 254 g/mol. The van der Waals surface area contributed by atoms with Gasteiger partial charge in [0.2, 0.25) is 0 Å². The van der Waals surface area contributed by atoms with Crippen LogP contribution in [0.2, 0.25) is 0 Å². The average molecular weight is 267 g/mol. The van der Waals surface area contributed by atoms with Gasteiger partial charge in [-0.1, -0.05) is 30.0 Å². The first-order chi connectivity index (χ1) is 8.29. The summed E-state index contributed by atoms with van der Waals surface area (Å²) in [5.74, 6) is 0.836. The molecule has 0 aliphatic carbocycles. The number of nitrogens with one attached hydrogen (secondary N) is 1. The van der Waals surface area contributed by atoms with Gasteiger partial charge in [-0.05, 0) is 18.4 Å². The smallest absolute Gasteiger partial charge is 0.284 e. The predicted octanol–water partition coefficient (Wildman–Crippen LogP) is 2.09. The van der Waals surface area contributed by atoms with Gasteiger partial charge >= 0.3 is 5.69 Å². The van der Waals surface area contributed by atoms with Gasteiger partial charge in [0.15, 0.2) is 5.16 Å². The highest BCUT2D eigenvalue weighted by atomic mass is 32.2. The number of aromatic amines is 1. The summed E-state index contributed by atoms with van der Waals surface area (Å²) in [7, 11) is 0. The summed E-state index contributed by atoms with van der Waals surface area (Å²) < 4.78 is 1.47. The number of thioether (sulfide) groups is 2. The highest BCUT2D eigenvalue weighted by molar-refractivity contribution is 7.99. The zero-order chi connectivity index (χ0) is 12.1. The fourth-order valence-electron chi connectivity index (χ4n) is 1.35. The molecule has 6 heteroatoms. The second kappa shape index (κ2) is 5.97. The number of H-pyrrole nitrogens is 1. The number of hydrogen-bond acceptors (Lipinski definition) is 4. The molecule has 1 heterocycles. The molecule has 2 rings (SSSR count). The minimum atomic E-state index is -0.136. The molecular formula is C11H13N3OS2. The van der Waals surface area contributed by atoms with E-state index in [1.165, 1.54) is 21.3 Å². The topological polar surface area (TPSA) is 50.7 Å². The monoisotopic (exact) mass is 267 g/mol. The lowest BCUT2D eigenvalue weighted by Gasteiger charge is -2.00. The van der Waals surface area contributed by atoms with Gasteiger partial charge in [0.1, 0.15) is 0 Å². The van der Waals surface area contributed by atoms with Crippen LogP contribution in [0.25, 0.3) is 0 Å². The van der Waals surface area contributed by atoms with E-state index >= 15 is 0 Å². The van der Waals surface area contributed by atoms with Crippen molar-refractivity contribution >= 4 is 23.5 Å². The normalized spacial score (nSPS) is 10.6. The van der Waals surface area contributed by atoms with Crippen LogP contribution in [0.4, 0.5) is 0 Å². The van der Waals surface area contributed by atoms with E-state index in [0.717, 1.165) is 5.75 Å². The van der Waals surface area contributed by atoms with Crippen molar-refractivity contribution in [2.75, 3.05) is 12.0 Å². The van der Waals surface area contributed by atoms with Crippen LogP contribution in [-0.2, 0) is 6.54 Å². The lowest BCUT2D eigenvalue weighted by atomic mass is 10.4. The fourth-order valence-corrected chi connectivity index (χ4v) is 2.57. The van der Waals surface area contributed by atoms with Gasteiger partial charge in [-0.2, -0.15) is 0 Å². The van der Waals surface area contributed by atoms with Gasteiger partial charge in [0.05, 0.1) is 6.54 Å². The van der Waals surface area contributed by atoms with Gasteiger partial charge in [-0.25, -0.2) is 9.48 Å². The van der Waals surface area contributed by atoms with E-state index in [0.29, 0.717) is 11.7 Å². The molecule has 0 bridgehead atoms. The molecule has 0 atom stereocenters. The Hall–Kier alpha value is -1.14. The Labute approximate surface area is 108 Å². The number of hydrogen-bond donors (Lipinski definition) is 1. The van der Waals surface area contributed by atoms with Crippen molar-refractivity contribution in [1.29, 1.82) is 0 Å². The molecule has 90 valence electrons. The van der Waals surface area contributed by atoms with Crippen molar-refractivity contribution in [2.45, 2.75) is 16.6 Å². The Balaban J connectivity index is 1.90. The van der Waals surface area contributed by atoms with Crippen molar-refractivity contribution in [3.63, 3.8) is 0 Å². The number of benzene rings is 1. The molecule has 0 saturated heterocycles. The maximum Gasteiger partial charge on any atom is 0.343 e. The van der Waals surface area contributed by atoms with Gasteiger partial charge < -0.3 is 0 Å². The largest absolute Gasteiger partial charge is 0.343 e. The third kappa shape index (κ3) is 3.41. The summed E-state index contributed by atoms with van der Waals surface area (Å²) >= 11 is 3.16. The maximum atomic E-state index is 11.5.